The number of aromatic nitrogens is 1. The average molecular weight is 222 g/mol. The molecule has 0 aliphatic heterocycles. The molecular weight excluding hydrogens is 211 g/mol. The third-order valence-electron chi connectivity index (χ3n) is 2.20. The van der Waals surface area contributed by atoms with Crippen LogP contribution in [0.5, 0.6) is 0 Å². The number of anilines is 2. The number of aliphatic hydroxyl groups excluding tert-OH is 1. The van der Waals surface area contributed by atoms with Crippen LogP contribution in [0.1, 0.15) is 5.69 Å². The van der Waals surface area contributed by atoms with Gasteiger partial charge in [0.25, 0.3) is 0 Å². The Morgan fingerprint density at radius 3 is 2.62 bits per heavy atom. The molecule has 84 valence electrons. The van der Waals surface area contributed by atoms with E-state index in [0.717, 1.165) is 5.69 Å². The van der Waals surface area contributed by atoms with E-state index in [0.29, 0.717) is 11.7 Å². The quantitative estimate of drug-likeness (QED) is 0.863. The summed E-state index contributed by atoms with van der Waals surface area (Å²) in [6.07, 6.45) is 1.38. The van der Waals surface area contributed by atoms with Crippen LogP contribution in [0.3, 0.4) is 0 Å². The van der Waals surface area contributed by atoms with Crippen molar-refractivity contribution < 1.29 is 13.9 Å². The van der Waals surface area contributed by atoms with Gasteiger partial charge in [-0.15, -0.1) is 0 Å². The van der Waals surface area contributed by atoms with Gasteiger partial charge in [0.1, 0.15) is 17.8 Å². The van der Waals surface area contributed by atoms with E-state index >= 15 is 0 Å². The topological polar surface area (TPSA) is 49.5 Å². The molecule has 2 aromatic rings. The van der Waals surface area contributed by atoms with E-state index in [1.807, 2.05) is 0 Å². The Morgan fingerprint density at radius 2 is 2.06 bits per heavy atom. The van der Waals surface area contributed by atoms with Crippen molar-refractivity contribution in [3.8, 4) is 0 Å². The average Bonchev–Trinajstić information content (AvgIpc) is 2.77. The molecule has 16 heavy (non-hydrogen) atoms. The highest BCUT2D eigenvalue weighted by atomic mass is 19.1. The molecule has 4 nitrogen and oxygen atoms in total. The molecule has 0 amide bonds. The van der Waals surface area contributed by atoms with Gasteiger partial charge in [0.05, 0.1) is 6.61 Å². The third-order valence-corrected chi connectivity index (χ3v) is 2.20. The summed E-state index contributed by atoms with van der Waals surface area (Å²) in [6.45, 7) is -0.166. The van der Waals surface area contributed by atoms with Crippen molar-refractivity contribution in [3.05, 3.63) is 42.0 Å². The summed E-state index contributed by atoms with van der Waals surface area (Å²) in [4.78, 5) is 5.71. The Balaban J connectivity index is 2.24. The molecule has 1 N–H and O–H groups in total. The smallest absolute Gasteiger partial charge is 0.301 e. The van der Waals surface area contributed by atoms with E-state index in [4.69, 9.17) is 9.52 Å². The Labute approximate surface area is 92.0 Å². The molecule has 0 saturated carbocycles. The normalized spacial score (nSPS) is 10.4. The molecule has 2 rings (SSSR count). The highest BCUT2D eigenvalue weighted by molar-refractivity contribution is 5.54. The van der Waals surface area contributed by atoms with Crippen LogP contribution in [0.2, 0.25) is 0 Å². The second-order valence-electron chi connectivity index (χ2n) is 3.31. The molecule has 0 saturated heterocycles. The van der Waals surface area contributed by atoms with Crippen LogP contribution < -0.4 is 4.90 Å². The summed E-state index contributed by atoms with van der Waals surface area (Å²) >= 11 is 0. The number of nitrogens with zero attached hydrogens (tertiary/aromatic N) is 2. The third kappa shape index (κ3) is 2.04. The molecule has 1 aromatic heterocycles. The zero-order valence-electron chi connectivity index (χ0n) is 8.72. The van der Waals surface area contributed by atoms with E-state index in [-0.39, 0.29) is 12.4 Å². The highest BCUT2D eigenvalue weighted by Gasteiger charge is 2.10. The van der Waals surface area contributed by atoms with E-state index < -0.39 is 0 Å². The van der Waals surface area contributed by atoms with E-state index in [1.54, 1.807) is 24.1 Å². The van der Waals surface area contributed by atoms with E-state index in [2.05, 4.69) is 4.98 Å². The fourth-order valence-electron chi connectivity index (χ4n) is 1.30. The van der Waals surface area contributed by atoms with Crippen molar-refractivity contribution in [1.29, 1.82) is 0 Å². The SMILES string of the molecule is CN(c1ccc(F)cc1)c1nc(CO)co1. The maximum atomic E-state index is 12.7. The van der Waals surface area contributed by atoms with Crippen molar-refractivity contribution in [1.82, 2.24) is 4.98 Å². The van der Waals surface area contributed by atoms with Crippen LogP contribution in [0.4, 0.5) is 16.1 Å². The predicted molar refractivity (Wildman–Crippen MR) is 56.9 cm³/mol. The Morgan fingerprint density at radius 1 is 1.38 bits per heavy atom. The molecule has 0 fully saturated rings. The molecule has 0 aliphatic carbocycles. The zero-order chi connectivity index (χ0) is 11.5. The standard InChI is InChI=1S/C11H11FN2O2/c1-14(10-4-2-8(12)3-5-10)11-13-9(6-15)7-16-11/h2-5,7,15H,6H2,1H3. The number of hydrogen-bond donors (Lipinski definition) is 1. The van der Waals surface area contributed by atoms with Gasteiger partial charge in [-0.25, -0.2) is 4.39 Å². The summed E-state index contributed by atoms with van der Waals surface area (Å²) in [5.41, 5.74) is 1.22. The lowest BCUT2D eigenvalue weighted by atomic mass is 10.3. The maximum Gasteiger partial charge on any atom is 0.301 e. The van der Waals surface area contributed by atoms with Crippen LogP contribution in [0.25, 0.3) is 0 Å². The summed E-state index contributed by atoms with van der Waals surface area (Å²) in [7, 11) is 1.75. The van der Waals surface area contributed by atoms with Crippen molar-refractivity contribution in [3.63, 3.8) is 0 Å². The Kier molecular flexibility index (Phi) is 2.87. The number of hydrogen-bond acceptors (Lipinski definition) is 4. The number of aliphatic hydroxyl groups is 1. The fourth-order valence-corrected chi connectivity index (χ4v) is 1.30. The van der Waals surface area contributed by atoms with Crippen LogP contribution >= 0.6 is 0 Å². The molecule has 0 unspecified atom stereocenters. The molecule has 1 aromatic carbocycles. The summed E-state index contributed by atoms with van der Waals surface area (Å²) < 4.78 is 17.9. The van der Waals surface area contributed by atoms with Crippen LogP contribution in [0, 0.1) is 5.82 Å². The molecule has 0 atom stereocenters. The number of benzene rings is 1. The van der Waals surface area contributed by atoms with E-state index in [1.165, 1.54) is 18.4 Å². The van der Waals surface area contributed by atoms with Crippen LogP contribution in [-0.2, 0) is 6.61 Å². The molecule has 5 heteroatoms. The van der Waals surface area contributed by atoms with Gasteiger partial charge >= 0.3 is 6.01 Å². The first-order valence-electron chi connectivity index (χ1n) is 4.75. The van der Waals surface area contributed by atoms with Crippen LogP contribution in [0.15, 0.2) is 34.9 Å². The predicted octanol–water partition coefficient (Wildman–Crippen LogP) is 2.07. The molecular formula is C11H11FN2O2. The van der Waals surface area contributed by atoms with Gasteiger partial charge in [-0.1, -0.05) is 0 Å². The van der Waals surface area contributed by atoms with Crippen molar-refractivity contribution >= 4 is 11.7 Å². The Bertz CT molecular complexity index is 467. The Hall–Kier alpha value is -1.88. The van der Waals surface area contributed by atoms with Gasteiger partial charge in [0, 0.05) is 12.7 Å². The largest absolute Gasteiger partial charge is 0.431 e. The lowest BCUT2D eigenvalue weighted by Crippen LogP contribution is -2.09. The molecule has 0 spiro atoms. The lowest BCUT2D eigenvalue weighted by Gasteiger charge is -2.13. The molecule has 1 heterocycles. The van der Waals surface area contributed by atoms with Gasteiger partial charge in [-0.05, 0) is 24.3 Å². The summed E-state index contributed by atoms with van der Waals surface area (Å²) in [5, 5.41) is 8.85. The fraction of sp³-hybridized carbons (Fsp3) is 0.182. The molecule has 0 bridgehead atoms. The highest BCUT2D eigenvalue weighted by Crippen LogP contribution is 2.22. The minimum atomic E-state index is -0.291. The second-order valence-corrected chi connectivity index (χ2v) is 3.31. The van der Waals surface area contributed by atoms with Gasteiger partial charge in [0.15, 0.2) is 0 Å². The van der Waals surface area contributed by atoms with Crippen molar-refractivity contribution in [2.75, 3.05) is 11.9 Å². The van der Waals surface area contributed by atoms with Gasteiger partial charge < -0.3 is 9.52 Å². The number of oxazole rings is 1. The number of halogens is 1. The summed E-state index contributed by atoms with van der Waals surface area (Å²) in [6, 6.07) is 6.33. The first kappa shape index (κ1) is 10.6. The maximum absolute atomic E-state index is 12.7. The van der Waals surface area contributed by atoms with E-state index in [9.17, 15) is 4.39 Å². The minimum absolute atomic E-state index is 0.166. The van der Waals surface area contributed by atoms with Gasteiger partial charge in [0.2, 0.25) is 0 Å². The monoisotopic (exact) mass is 222 g/mol. The number of rotatable bonds is 3. The second kappa shape index (κ2) is 4.32. The van der Waals surface area contributed by atoms with Gasteiger partial charge in [-0.3, -0.25) is 4.90 Å². The van der Waals surface area contributed by atoms with Crippen molar-refractivity contribution in [2.45, 2.75) is 6.61 Å². The first-order chi connectivity index (χ1) is 7.70. The van der Waals surface area contributed by atoms with Crippen molar-refractivity contribution in [2.24, 2.45) is 0 Å². The first-order valence-corrected chi connectivity index (χ1v) is 4.75. The van der Waals surface area contributed by atoms with Gasteiger partial charge in [-0.2, -0.15) is 4.98 Å². The molecule has 0 aliphatic rings. The molecule has 0 radical (unpaired) electrons. The lowest BCUT2D eigenvalue weighted by molar-refractivity contribution is 0.276. The summed E-state index contributed by atoms with van der Waals surface area (Å²) in [5.74, 6) is -0.291. The van der Waals surface area contributed by atoms with Crippen LogP contribution in [-0.4, -0.2) is 17.1 Å². The zero-order valence-corrected chi connectivity index (χ0v) is 8.72. The minimum Gasteiger partial charge on any atom is -0.431 e.